The molecule has 0 radical (unpaired) electrons. The third-order valence-electron chi connectivity index (χ3n) is 10.6. The van der Waals surface area contributed by atoms with Crippen LogP contribution >= 0.6 is 0 Å². The van der Waals surface area contributed by atoms with Gasteiger partial charge in [0, 0.05) is 44.2 Å². The highest BCUT2D eigenvalue weighted by Crippen LogP contribution is 2.45. The van der Waals surface area contributed by atoms with Crippen molar-refractivity contribution >= 4 is 72.0 Å². The molecule has 0 aliphatic rings. The van der Waals surface area contributed by atoms with Crippen LogP contribution in [0.2, 0.25) is 0 Å². The van der Waals surface area contributed by atoms with Crippen molar-refractivity contribution in [3.8, 4) is 27.9 Å². The van der Waals surface area contributed by atoms with Gasteiger partial charge in [-0.1, -0.05) is 127 Å². The molecule has 11 aromatic rings. The van der Waals surface area contributed by atoms with Crippen LogP contribution < -0.4 is 4.90 Å². The number of aromatic nitrogens is 1. The van der Waals surface area contributed by atoms with Gasteiger partial charge in [0.2, 0.25) is 5.71 Å². The van der Waals surface area contributed by atoms with Crippen molar-refractivity contribution in [2.45, 2.75) is 0 Å². The van der Waals surface area contributed by atoms with E-state index in [2.05, 4.69) is 179 Å². The second-order valence-electron chi connectivity index (χ2n) is 13.7. The van der Waals surface area contributed by atoms with Crippen LogP contribution in [-0.2, 0) is 0 Å². The molecule has 0 aliphatic carbocycles. The van der Waals surface area contributed by atoms with E-state index in [0.29, 0.717) is 0 Å². The summed E-state index contributed by atoms with van der Waals surface area (Å²) in [5.74, 6) is 0. The molecule has 8 aromatic carbocycles. The summed E-state index contributed by atoms with van der Waals surface area (Å²) < 4.78 is 15.1. The van der Waals surface area contributed by atoms with Gasteiger partial charge < -0.3 is 13.7 Å². The van der Waals surface area contributed by atoms with Gasteiger partial charge in [-0.2, -0.15) is 0 Å². The molecule has 0 spiro atoms. The lowest BCUT2D eigenvalue weighted by molar-refractivity contribution is 0.645. The van der Waals surface area contributed by atoms with Crippen molar-refractivity contribution in [2.24, 2.45) is 0 Å². The van der Waals surface area contributed by atoms with Gasteiger partial charge in [0.15, 0.2) is 0 Å². The first-order valence-corrected chi connectivity index (χ1v) is 18.3. The number of rotatable bonds is 6. The topological polar surface area (TPSA) is 34.5 Å². The standard InChI is InChI=1S/C50H32N2O2/c1-2-13-33(14-3-1)34-25-27-35(28-26-34)51(43-20-8-4-15-38(43)39-19-12-24-47-48(39)41-17-6-10-22-45(41)53-47)36-29-31-37(32-30-36)52-44-21-9-5-16-40(44)49-42-18-7-11-23-46(42)54-50(49)52/h1-32H. The molecule has 0 fully saturated rings. The monoisotopic (exact) mass is 692 g/mol. The zero-order valence-electron chi connectivity index (χ0n) is 29.2. The first kappa shape index (κ1) is 30.3. The second kappa shape index (κ2) is 12.1. The lowest BCUT2D eigenvalue weighted by Crippen LogP contribution is -2.11. The fourth-order valence-corrected chi connectivity index (χ4v) is 8.20. The second-order valence-corrected chi connectivity index (χ2v) is 13.7. The molecular weight excluding hydrogens is 661 g/mol. The number of benzene rings is 8. The van der Waals surface area contributed by atoms with Crippen LogP contribution in [0, 0.1) is 0 Å². The lowest BCUT2D eigenvalue weighted by Gasteiger charge is -2.28. The molecule has 0 N–H and O–H groups in total. The Kier molecular flexibility index (Phi) is 6.82. The minimum absolute atomic E-state index is 0.851. The van der Waals surface area contributed by atoms with E-state index < -0.39 is 0 Å². The normalized spacial score (nSPS) is 11.7. The molecule has 3 aromatic heterocycles. The van der Waals surface area contributed by atoms with Gasteiger partial charge in [0.1, 0.15) is 16.7 Å². The lowest BCUT2D eigenvalue weighted by atomic mass is 9.96. The first-order valence-electron chi connectivity index (χ1n) is 18.3. The Labute approximate surface area is 311 Å². The fraction of sp³-hybridized carbons (Fsp3) is 0. The van der Waals surface area contributed by atoms with E-state index in [4.69, 9.17) is 8.83 Å². The number of nitrogens with zero attached hydrogens (tertiary/aromatic N) is 2. The van der Waals surface area contributed by atoms with E-state index in [1.807, 2.05) is 24.3 Å². The highest BCUT2D eigenvalue weighted by atomic mass is 16.3. The molecule has 0 bridgehead atoms. The number of hydrogen-bond donors (Lipinski definition) is 0. The Hall–Kier alpha value is -7.30. The predicted molar refractivity (Wildman–Crippen MR) is 223 cm³/mol. The Morgan fingerprint density at radius 2 is 0.926 bits per heavy atom. The van der Waals surface area contributed by atoms with Crippen molar-refractivity contribution in [3.05, 3.63) is 194 Å². The molecule has 0 amide bonds. The molecule has 0 unspecified atom stereocenters. The molecule has 11 rings (SSSR count). The van der Waals surface area contributed by atoms with E-state index in [1.54, 1.807) is 0 Å². The Morgan fingerprint density at radius 1 is 0.370 bits per heavy atom. The number of anilines is 3. The summed E-state index contributed by atoms with van der Waals surface area (Å²) in [5, 5.41) is 5.67. The predicted octanol–water partition coefficient (Wildman–Crippen LogP) is 14.2. The molecular formula is C50H32N2O2. The summed E-state index contributed by atoms with van der Waals surface area (Å²) in [6.45, 7) is 0. The van der Waals surface area contributed by atoms with Crippen molar-refractivity contribution in [1.82, 2.24) is 4.57 Å². The summed E-state index contributed by atoms with van der Waals surface area (Å²) in [6, 6.07) is 68.4. The molecule has 4 nitrogen and oxygen atoms in total. The zero-order chi connectivity index (χ0) is 35.6. The molecule has 0 aliphatic heterocycles. The van der Waals surface area contributed by atoms with Crippen LogP contribution in [0.1, 0.15) is 0 Å². The van der Waals surface area contributed by atoms with Gasteiger partial charge in [0.25, 0.3) is 0 Å². The Bertz CT molecular complexity index is 3150. The average Bonchev–Trinajstić information content (AvgIpc) is 3.91. The van der Waals surface area contributed by atoms with E-state index in [9.17, 15) is 0 Å². The summed E-state index contributed by atoms with van der Waals surface area (Å²) in [6.07, 6.45) is 0. The van der Waals surface area contributed by atoms with Crippen molar-refractivity contribution in [1.29, 1.82) is 0 Å². The van der Waals surface area contributed by atoms with Crippen LogP contribution in [0.5, 0.6) is 0 Å². The molecule has 0 atom stereocenters. The highest BCUT2D eigenvalue weighted by molar-refractivity contribution is 6.20. The number of fused-ring (bicyclic) bond motifs is 8. The maximum Gasteiger partial charge on any atom is 0.213 e. The van der Waals surface area contributed by atoms with Gasteiger partial charge in [-0.15, -0.1) is 0 Å². The quantitative estimate of drug-likeness (QED) is 0.174. The van der Waals surface area contributed by atoms with Crippen LogP contribution in [-0.4, -0.2) is 4.57 Å². The Balaban J connectivity index is 1.10. The summed E-state index contributed by atoms with van der Waals surface area (Å²) in [5.41, 5.74) is 13.4. The van der Waals surface area contributed by atoms with E-state index in [0.717, 1.165) is 83.4 Å². The molecule has 4 heteroatoms. The fourth-order valence-electron chi connectivity index (χ4n) is 8.20. The van der Waals surface area contributed by atoms with Crippen LogP contribution in [0.25, 0.3) is 82.9 Å². The smallest absolute Gasteiger partial charge is 0.213 e. The maximum atomic E-state index is 6.56. The molecule has 3 heterocycles. The van der Waals surface area contributed by atoms with Crippen LogP contribution in [0.15, 0.2) is 203 Å². The number of para-hydroxylation sites is 4. The molecule has 0 saturated heterocycles. The van der Waals surface area contributed by atoms with Gasteiger partial charge in [-0.05, 0) is 83.4 Å². The third-order valence-corrected chi connectivity index (χ3v) is 10.6. The van der Waals surface area contributed by atoms with Gasteiger partial charge in [0.05, 0.1) is 16.6 Å². The number of hydrogen-bond acceptors (Lipinski definition) is 3. The molecule has 54 heavy (non-hydrogen) atoms. The van der Waals surface area contributed by atoms with E-state index >= 15 is 0 Å². The molecule has 254 valence electrons. The minimum atomic E-state index is 0.851. The molecule has 0 saturated carbocycles. The average molecular weight is 693 g/mol. The Morgan fingerprint density at radius 3 is 1.70 bits per heavy atom. The van der Waals surface area contributed by atoms with Gasteiger partial charge >= 0.3 is 0 Å². The largest absolute Gasteiger partial charge is 0.456 e. The van der Waals surface area contributed by atoms with Crippen molar-refractivity contribution in [2.75, 3.05) is 4.90 Å². The summed E-state index contributed by atoms with van der Waals surface area (Å²) in [4.78, 5) is 2.36. The van der Waals surface area contributed by atoms with Crippen LogP contribution in [0.3, 0.4) is 0 Å². The van der Waals surface area contributed by atoms with Crippen molar-refractivity contribution in [3.63, 3.8) is 0 Å². The number of furan rings is 2. The first-order chi connectivity index (χ1) is 26.8. The third kappa shape index (κ3) is 4.70. The maximum absolute atomic E-state index is 6.56. The van der Waals surface area contributed by atoms with Gasteiger partial charge in [-0.3, -0.25) is 4.57 Å². The zero-order valence-corrected chi connectivity index (χ0v) is 29.2. The highest BCUT2D eigenvalue weighted by Gasteiger charge is 2.22. The van der Waals surface area contributed by atoms with E-state index in [-0.39, 0.29) is 0 Å². The van der Waals surface area contributed by atoms with Crippen molar-refractivity contribution < 1.29 is 8.83 Å². The summed E-state index contributed by atoms with van der Waals surface area (Å²) in [7, 11) is 0. The van der Waals surface area contributed by atoms with E-state index in [1.165, 1.54) is 16.5 Å². The minimum Gasteiger partial charge on any atom is -0.456 e. The van der Waals surface area contributed by atoms with Gasteiger partial charge in [-0.25, -0.2) is 0 Å². The SMILES string of the molecule is c1ccc(-c2ccc(N(c3ccc(-n4c5ccccc5c5c6ccccc6oc54)cc3)c3ccccc3-c3cccc4oc5ccccc5c34)cc2)cc1. The van der Waals surface area contributed by atoms with Crippen LogP contribution in [0.4, 0.5) is 17.1 Å². The summed E-state index contributed by atoms with van der Waals surface area (Å²) >= 11 is 0.